The van der Waals surface area contributed by atoms with Gasteiger partial charge < -0.3 is 4.57 Å². The van der Waals surface area contributed by atoms with Gasteiger partial charge >= 0.3 is 0 Å². The lowest BCUT2D eigenvalue weighted by Gasteiger charge is -2.07. The molecule has 0 aliphatic rings. The molecule has 24 heavy (non-hydrogen) atoms. The molecule has 2 heterocycles. The van der Waals surface area contributed by atoms with Crippen molar-refractivity contribution in [1.82, 2.24) is 9.55 Å². The van der Waals surface area contributed by atoms with Crippen LogP contribution in [0, 0.1) is 24.0 Å². The number of hydrogen-bond donors (Lipinski definition) is 0. The van der Waals surface area contributed by atoms with E-state index in [1.165, 1.54) is 5.56 Å². The van der Waals surface area contributed by atoms with Crippen LogP contribution in [0.15, 0.2) is 42.5 Å². The largest absolute Gasteiger partial charge is 0.326 e. The van der Waals surface area contributed by atoms with E-state index in [0.29, 0.717) is 6.54 Å². The van der Waals surface area contributed by atoms with Crippen molar-refractivity contribution in [1.29, 1.82) is 0 Å². The van der Waals surface area contributed by atoms with E-state index in [9.17, 15) is 10.1 Å². The Hall–Kier alpha value is -2.73. The standard InChI is InChI=1S/C18H15N3O2S/c1-11-3-8-16-15(9-11)17-18(24-12(2)19-17)20(16)10-13-4-6-14(7-5-13)21(22)23/h3-9H,10H2,1-2H3. The molecule has 4 aromatic rings. The molecular formula is C18H15N3O2S. The number of rotatable bonds is 3. The van der Waals surface area contributed by atoms with Gasteiger partial charge in [-0.25, -0.2) is 4.98 Å². The van der Waals surface area contributed by atoms with Crippen LogP contribution in [0.5, 0.6) is 0 Å². The molecular weight excluding hydrogens is 322 g/mol. The second-order valence-electron chi connectivity index (χ2n) is 5.92. The molecule has 0 aliphatic carbocycles. The van der Waals surface area contributed by atoms with Crippen molar-refractivity contribution in [3.05, 3.63) is 68.7 Å². The number of thiazole rings is 1. The zero-order chi connectivity index (χ0) is 16.8. The van der Waals surface area contributed by atoms with Crippen molar-refractivity contribution in [2.24, 2.45) is 0 Å². The Balaban J connectivity index is 1.86. The molecule has 0 aliphatic heterocycles. The maximum atomic E-state index is 10.8. The van der Waals surface area contributed by atoms with E-state index in [1.807, 2.05) is 19.1 Å². The molecule has 0 radical (unpaired) electrons. The fourth-order valence-corrected chi connectivity index (χ4v) is 3.96. The summed E-state index contributed by atoms with van der Waals surface area (Å²) in [6, 6.07) is 13.1. The SMILES string of the molecule is Cc1ccc2c(c1)c1nc(C)sc1n2Cc1ccc([N+](=O)[O-])cc1. The lowest BCUT2D eigenvalue weighted by Crippen LogP contribution is -1.99. The lowest BCUT2D eigenvalue weighted by atomic mass is 10.1. The molecule has 0 saturated carbocycles. The number of hydrogen-bond acceptors (Lipinski definition) is 4. The summed E-state index contributed by atoms with van der Waals surface area (Å²) in [5.74, 6) is 0. The number of non-ortho nitro benzene ring substituents is 1. The van der Waals surface area contributed by atoms with Gasteiger partial charge in [0.25, 0.3) is 5.69 Å². The smallest absolute Gasteiger partial charge is 0.269 e. The number of aromatic nitrogens is 2. The molecule has 120 valence electrons. The summed E-state index contributed by atoms with van der Waals surface area (Å²) in [7, 11) is 0. The summed E-state index contributed by atoms with van der Waals surface area (Å²) in [6.45, 7) is 4.77. The minimum atomic E-state index is -0.373. The highest BCUT2D eigenvalue weighted by atomic mass is 32.1. The zero-order valence-corrected chi connectivity index (χ0v) is 14.1. The molecule has 0 amide bonds. The first-order chi connectivity index (χ1) is 11.5. The summed E-state index contributed by atoms with van der Waals surface area (Å²) in [6.07, 6.45) is 0. The number of nitro groups is 1. The monoisotopic (exact) mass is 337 g/mol. The zero-order valence-electron chi connectivity index (χ0n) is 13.3. The van der Waals surface area contributed by atoms with Gasteiger partial charge in [-0.15, -0.1) is 11.3 Å². The van der Waals surface area contributed by atoms with Crippen molar-refractivity contribution in [3.63, 3.8) is 0 Å². The number of aryl methyl sites for hydroxylation is 2. The van der Waals surface area contributed by atoms with E-state index in [2.05, 4.69) is 29.7 Å². The van der Waals surface area contributed by atoms with E-state index < -0.39 is 0 Å². The van der Waals surface area contributed by atoms with Gasteiger partial charge in [0, 0.05) is 24.1 Å². The Bertz CT molecular complexity index is 1080. The molecule has 0 N–H and O–H groups in total. The molecule has 0 bridgehead atoms. The minimum Gasteiger partial charge on any atom is -0.326 e. The third-order valence-electron chi connectivity index (χ3n) is 4.15. The molecule has 0 saturated heterocycles. The number of fused-ring (bicyclic) bond motifs is 3. The van der Waals surface area contributed by atoms with Gasteiger partial charge in [-0.3, -0.25) is 10.1 Å². The van der Waals surface area contributed by atoms with Crippen LogP contribution in [-0.2, 0) is 6.54 Å². The predicted octanol–water partition coefficient (Wildman–Crippen LogP) is 4.82. The number of nitro benzene ring substituents is 1. The third-order valence-corrected chi connectivity index (χ3v) is 5.14. The quantitative estimate of drug-likeness (QED) is 0.397. The average Bonchev–Trinajstić information content (AvgIpc) is 3.05. The fraction of sp³-hybridized carbons (Fsp3) is 0.167. The van der Waals surface area contributed by atoms with Crippen LogP contribution in [0.1, 0.15) is 16.1 Å². The van der Waals surface area contributed by atoms with Crippen molar-refractivity contribution in [2.75, 3.05) is 0 Å². The van der Waals surface area contributed by atoms with Gasteiger partial charge in [0.15, 0.2) is 0 Å². The molecule has 2 aromatic carbocycles. The molecule has 0 spiro atoms. The van der Waals surface area contributed by atoms with Gasteiger partial charge in [0.1, 0.15) is 10.3 Å². The van der Waals surface area contributed by atoms with Crippen molar-refractivity contribution in [2.45, 2.75) is 20.4 Å². The first-order valence-electron chi connectivity index (χ1n) is 7.62. The Morgan fingerprint density at radius 3 is 2.62 bits per heavy atom. The normalized spacial score (nSPS) is 11.4. The van der Waals surface area contributed by atoms with Crippen molar-refractivity contribution < 1.29 is 4.92 Å². The van der Waals surface area contributed by atoms with Crippen LogP contribution in [0.25, 0.3) is 21.3 Å². The Labute approximate surface area is 142 Å². The molecule has 5 nitrogen and oxygen atoms in total. The predicted molar refractivity (Wildman–Crippen MR) is 96.8 cm³/mol. The number of benzene rings is 2. The summed E-state index contributed by atoms with van der Waals surface area (Å²) < 4.78 is 2.25. The maximum absolute atomic E-state index is 10.8. The molecule has 0 fully saturated rings. The van der Waals surface area contributed by atoms with Crippen LogP contribution in [-0.4, -0.2) is 14.5 Å². The summed E-state index contributed by atoms with van der Waals surface area (Å²) in [5, 5.41) is 13.0. The number of nitrogens with zero attached hydrogens (tertiary/aromatic N) is 3. The molecule has 0 unspecified atom stereocenters. The van der Waals surface area contributed by atoms with E-state index in [1.54, 1.807) is 23.5 Å². The Kier molecular flexibility index (Phi) is 3.35. The van der Waals surface area contributed by atoms with Gasteiger partial charge in [0.2, 0.25) is 0 Å². The highest BCUT2D eigenvalue weighted by Gasteiger charge is 2.15. The molecule has 4 rings (SSSR count). The van der Waals surface area contributed by atoms with E-state index in [-0.39, 0.29) is 10.6 Å². The fourth-order valence-electron chi connectivity index (χ4n) is 3.02. The van der Waals surface area contributed by atoms with E-state index in [0.717, 1.165) is 31.8 Å². The van der Waals surface area contributed by atoms with Crippen molar-refractivity contribution >= 4 is 38.3 Å². The second-order valence-corrected chi connectivity index (χ2v) is 7.10. The highest BCUT2D eigenvalue weighted by molar-refractivity contribution is 7.18. The highest BCUT2D eigenvalue weighted by Crippen LogP contribution is 2.33. The first kappa shape index (κ1) is 14.8. The van der Waals surface area contributed by atoms with Crippen LogP contribution in [0.4, 0.5) is 5.69 Å². The van der Waals surface area contributed by atoms with Crippen molar-refractivity contribution in [3.8, 4) is 0 Å². The summed E-state index contributed by atoms with van der Waals surface area (Å²) in [4.78, 5) is 16.3. The Morgan fingerprint density at radius 1 is 1.17 bits per heavy atom. The van der Waals surface area contributed by atoms with E-state index in [4.69, 9.17) is 4.98 Å². The molecule has 6 heteroatoms. The van der Waals surface area contributed by atoms with Crippen LogP contribution >= 0.6 is 11.3 Å². The van der Waals surface area contributed by atoms with Gasteiger partial charge in [-0.05, 0) is 31.5 Å². The van der Waals surface area contributed by atoms with Gasteiger partial charge in [0.05, 0.1) is 15.4 Å². The van der Waals surface area contributed by atoms with Crippen LogP contribution in [0.2, 0.25) is 0 Å². The second kappa shape index (κ2) is 5.42. The van der Waals surface area contributed by atoms with E-state index >= 15 is 0 Å². The summed E-state index contributed by atoms with van der Waals surface area (Å²) in [5.41, 5.74) is 4.55. The lowest BCUT2D eigenvalue weighted by molar-refractivity contribution is -0.384. The van der Waals surface area contributed by atoms with Crippen LogP contribution in [0.3, 0.4) is 0 Å². The van der Waals surface area contributed by atoms with Gasteiger partial charge in [-0.2, -0.15) is 0 Å². The topological polar surface area (TPSA) is 61.0 Å². The average molecular weight is 337 g/mol. The summed E-state index contributed by atoms with van der Waals surface area (Å²) >= 11 is 1.68. The maximum Gasteiger partial charge on any atom is 0.269 e. The van der Waals surface area contributed by atoms with Crippen LogP contribution < -0.4 is 0 Å². The Morgan fingerprint density at radius 2 is 1.92 bits per heavy atom. The minimum absolute atomic E-state index is 0.116. The third kappa shape index (κ3) is 2.35. The molecule has 0 atom stereocenters. The first-order valence-corrected chi connectivity index (χ1v) is 8.44. The molecule has 2 aromatic heterocycles. The van der Waals surface area contributed by atoms with Gasteiger partial charge in [-0.1, -0.05) is 23.8 Å².